The van der Waals surface area contributed by atoms with Crippen molar-refractivity contribution in [2.75, 3.05) is 13.2 Å². The first-order chi connectivity index (χ1) is 7.22. The first-order valence-corrected chi connectivity index (χ1v) is 4.90. The summed E-state index contributed by atoms with van der Waals surface area (Å²) in [5.41, 5.74) is 6.74. The van der Waals surface area contributed by atoms with Gasteiger partial charge in [0.25, 0.3) is 0 Å². The fraction of sp³-hybridized carbons (Fsp3) is 0.364. The van der Waals surface area contributed by atoms with Crippen LogP contribution in [0.25, 0.3) is 0 Å². The highest BCUT2D eigenvalue weighted by molar-refractivity contribution is 5.99. The molecular formula is C11H13NO3. The van der Waals surface area contributed by atoms with E-state index in [9.17, 15) is 9.90 Å². The standard InChI is InChI=1S/C11H13NO3/c12-6-9(13)11(14)8-1-2-10-7(5-8)3-4-15-10/h1-2,5,9,13H,3-4,6,12H2. The lowest BCUT2D eigenvalue weighted by atomic mass is 10.0. The molecule has 4 heteroatoms. The summed E-state index contributed by atoms with van der Waals surface area (Å²) in [4.78, 5) is 11.6. The summed E-state index contributed by atoms with van der Waals surface area (Å²) >= 11 is 0. The summed E-state index contributed by atoms with van der Waals surface area (Å²) < 4.78 is 5.32. The van der Waals surface area contributed by atoms with E-state index in [0.717, 1.165) is 17.7 Å². The molecule has 0 radical (unpaired) electrons. The lowest BCUT2D eigenvalue weighted by Gasteiger charge is -2.07. The van der Waals surface area contributed by atoms with E-state index in [4.69, 9.17) is 10.5 Å². The maximum atomic E-state index is 11.6. The van der Waals surface area contributed by atoms with E-state index in [-0.39, 0.29) is 12.3 Å². The van der Waals surface area contributed by atoms with Crippen LogP contribution in [0.2, 0.25) is 0 Å². The average molecular weight is 207 g/mol. The van der Waals surface area contributed by atoms with Gasteiger partial charge in [0.2, 0.25) is 0 Å². The van der Waals surface area contributed by atoms with Crippen LogP contribution in [-0.4, -0.2) is 30.1 Å². The Bertz CT molecular complexity index is 389. The Morgan fingerprint density at radius 2 is 2.40 bits per heavy atom. The molecule has 0 fully saturated rings. The third-order valence-electron chi connectivity index (χ3n) is 2.50. The van der Waals surface area contributed by atoms with Crippen molar-refractivity contribution < 1.29 is 14.6 Å². The molecule has 0 saturated carbocycles. The number of hydrogen-bond acceptors (Lipinski definition) is 4. The topological polar surface area (TPSA) is 72.5 Å². The van der Waals surface area contributed by atoms with Gasteiger partial charge < -0.3 is 15.6 Å². The number of fused-ring (bicyclic) bond motifs is 1. The van der Waals surface area contributed by atoms with E-state index >= 15 is 0 Å². The van der Waals surface area contributed by atoms with Gasteiger partial charge in [-0.15, -0.1) is 0 Å². The number of nitrogens with two attached hydrogens (primary N) is 1. The molecule has 1 heterocycles. The molecule has 2 rings (SSSR count). The Balaban J connectivity index is 2.26. The van der Waals surface area contributed by atoms with E-state index in [1.165, 1.54) is 0 Å². The van der Waals surface area contributed by atoms with Crippen LogP contribution in [-0.2, 0) is 6.42 Å². The Morgan fingerprint density at radius 1 is 1.60 bits per heavy atom. The molecule has 1 atom stereocenters. The fourth-order valence-corrected chi connectivity index (χ4v) is 1.64. The minimum atomic E-state index is -1.11. The predicted molar refractivity (Wildman–Crippen MR) is 55.0 cm³/mol. The van der Waals surface area contributed by atoms with Crippen molar-refractivity contribution in [3.8, 4) is 5.75 Å². The maximum absolute atomic E-state index is 11.6. The molecule has 0 aliphatic carbocycles. The summed E-state index contributed by atoms with van der Waals surface area (Å²) in [5.74, 6) is 0.501. The van der Waals surface area contributed by atoms with Crippen LogP contribution in [0.4, 0.5) is 0 Å². The molecule has 0 bridgehead atoms. The predicted octanol–water partition coefficient (Wildman–Crippen LogP) is 0.124. The number of aliphatic hydroxyl groups is 1. The normalized spacial score (nSPS) is 15.6. The number of ketones is 1. The second-order valence-corrected chi connectivity index (χ2v) is 3.54. The summed E-state index contributed by atoms with van der Waals surface area (Å²) in [6.07, 6.45) is -0.291. The minimum absolute atomic E-state index is 0.0492. The molecule has 80 valence electrons. The molecule has 1 aliphatic heterocycles. The van der Waals surface area contributed by atoms with Gasteiger partial charge in [0.15, 0.2) is 5.78 Å². The summed E-state index contributed by atoms with van der Waals surface area (Å²) in [6, 6.07) is 5.19. The molecule has 3 N–H and O–H groups in total. The quantitative estimate of drug-likeness (QED) is 0.691. The Morgan fingerprint density at radius 3 is 3.13 bits per heavy atom. The van der Waals surface area contributed by atoms with Gasteiger partial charge in [0, 0.05) is 18.5 Å². The van der Waals surface area contributed by atoms with E-state index in [2.05, 4.69) is 0 Å². The summed E-state index contributed by atoms with van der Waals surface area (Å²) in [7, 11) is 0. The number of benzene rings is 1. The molecule has 4 nitrogen and oxygen atoms in total. The molecule has 1 aliphatic rings. The van der Waals surface area contributed by atoms with Crippen molar-refractivity contribution >= 4 is 5.78 Å². The molecular weight excluding hydrogens is 194 g/mol. The van der Waals surface area contributed by atoms with Crippen LogP contribution in [0, 0.1) is 0 Å². The van der Waals surface area contributed by atoms with Gasteiger partial charge in [-0.25, -0.2) is 0 Å². The van der Waals surface area contributed by atoms with Gasteiger partial charge in [-0.3, -0.25) is 4.79 Å². The van der Waals surface area contributed by atoms with Gasteiger partial charge in [-0.1, -0.05) is 0 Å². The second kappa shape index (κ2) is 4.00. The van der Waals surface area contributed by atoms with Crippen LogP contribution >= 0.6 is 0 Å². The number of rotatable bonds is 3. The zero-order valence-corrected chi connectivity index (χ0v) is 8.27. The van der Waals surface area contributed by atoms with Gasteiger partial charge in [-0.05, 0) is 23.8 Å². The van der Waals surface area contributed by atoms with Gasteiger partial charge in [-0.2, -0.15) is 0 Å². The lowest BCUT2D eigenvalue weighted by molar-refractivity contribution is 0.0763. The summed E-state index contributed by atoms with van der Waals surface area (Å²) in [6.45, 7) is 0.610. The Kier molecular flexibility index (Phi) is 2.70. The van der Waals surface area contributed by atoms with Crippen LogP contribution in [0.5, 0.6) is 5.75 Å². The van der Waals surface area contributed by atoms with Crippen LogP contribution in [0.1, 0.15) is 15.9 Å². The number of carbonyl (C=O) groups excluding carboxylic acids is 1. The number of Topliss-reactive ketones (excluding diaryl/α,β-unsaturated/α-hetero) is 1. The van der Waals surface area contributed by atoms with Crippen molar-refractivity contribution in [2.24, 2.45) is 5.73 Å². The fourth-order valence-electron chi connectivity index (χ4n) is 1.64. The third kappa shape index (κ3) is 1.86. The molecule has 1 unspecified atom stereocenters. The zero-order valence-electron chi connectivity index (χ0n) is 8.27. The number of hydrogen-bond donors (Lipinski definition) is 2. The minimum Gasteiger partial charge on any atom is -0.493 e. The Hall–Kier alpha value is -1.39. The molecule has 0 aromatic heterocycles. The molecule has 1 aromatic rings. The van der Waals surface area contributed by atoms with Gasteiger partial charge >= 0.3 is 0 Å². The molecule has 0 amide bonds. The van der Waals surface area contributed by atoms with Crippen LogP contribution in [0.15, 0.2) is 18.2 Å². The van der Waals surface area contributed by atoms with E-state index < -0.39 is 6.10 Å². The Labute approximate surface area is 87.7 Å². The van der Waals surface area contributed by atoms with E-state index in [1.807, 2.05) is 0 Å². The van der Waals surface area contributed by atoms with Gasteiger partial charge in [0.1, 0.15) is 11.9 Å². The highest BCUT2D eigenvalue weighted by atomic mass is 16.5. The van der Waals surface area contributed by atoms with Crippen molar-refractivity contribution in [3.63, 3.8) is 0 Å². The molecule has 0 spiro atoms. The largest absolute Gasteiger partial charge is 0.493 e. The first-order valence-electron chi connectivity index (χ1n) is 4.90. The molecule has 1 aromatic carbocycles. The average Bonchev–Trinajstić information content (AvgIpc) is 2.73. The maximum Gasteiger partial charge on any atom is 0.192 e. The smallest absolute Gasteiger partial charge is 0.192 e. The van der Waals surface area contributed by atoms with Crippen molar-refractivity contribution in [2.45, 2.75) is 12.5 Å². The van der Waals surface area contributed by atoms with E-state index in [0.29, 0.717) is 12.2 Å². The lowest BCUT2D eigenvalue weighted by Crippen LogP contribution is -2.29. The van der Waals surface area contributed by atoms with Crippen LogP contribution < -0.4 is 10.5 Å². The monoisotopic (exact) mass is 207 g/mol. The van der Waals surface area contributed by atoms with Crippen molar-refractivity contribution in [1.29, 1.82) is 0 Å². The first kappa shape index (κ1) is 10.1. The number of ether oxygens (including phenoxy) is 1. The molecule has 15 heavy (non-hydrogen) atoms. The zero-order chi connectivity index (χ0) is 10.8. The van der Waals surface area contributed by atoms with Crippen LogP contribution in [0.3, 0.4) is 0 Å². The number of aliphatic hydroxyl groups excluding tert-OH is 1. The highest BCUT2D eigenvalue weighted by Crippen LogP contribution is 2.26. The molecule has 0 saturated heterocycles. The number of carbonyl (C=O) groups is 1. The van der Waals surface area contributed by atoms with E-state index in [1.54, 1.807) is 18.2 Å². The third-order valence-corrected chi connectivity index (χ3v) is 2.50. The highest BCUT2D eigenvalue weighted by Gasteiger charge is 2.19. The second-order valence-electron chi connectivity index (χ2n) is 3.54. The van der Waals surface area contributed by atoms with Crippen molar-refractivity contribution in [3.05, 3.63) is 29.3 Å². The van der Waals surface area contributed by atoms with Gasteiger partial charge in [0.05, 0.1) is 6.61 Å². The summed E-state index contributed by atoms with van der Waals surface area (Å²) in [5, 5.41) is 9.32. The van der Waals surface area contributed by atoms with Crippen molar-refractivity contribution in [1.82, 2.24) is 0 Å². The SMILES string of the molecule is NCC(O)C(=O)c1ccc2c(c1)CCO2.